The van der Waals surface area contributed by atoms with Crippen LogP contribution in [0.3, 0.4) is 0 Å². The predicted molar refractivity (Wildman–Crippen MR) is 119 cm³/mol. The maximum Gasteiger partial charge on any atom is 0.416 e. The molecule has 2 aromatic carbocycles. The van der Waals surface area contributed by atoms with Gasteiger partial charge < -0.3 is 20.0 Å². The second-order valence-electron chi connectivity index (χ2n) is 8.00. The van der Waals surface area contributed by atoms with Crippen LogP contribution >= 0.6 is 0 Å². The molecule has 0 bridgehead atoms. The molecule has 0 saturated carbocycles. The van der Waals surface area contributed by atoms with Gasteiger partial charge in [-0.3, -0.25) is 5.41 Å². The minimum absolute atomic E-state index is 0.0400. The summed E-state index contributed by atoms with van der Waals surface area (Å²) in [7, 11) is 0. The molecular weight excluding hydrogens is 449 g/mol. The molecule has 4 rings (SSSR count). The minimum atomic E-state index is -4.36. The number of nitrogens with zero attached hydrogens (tertiary/aromatic N) is 4. The Morgan fingerprint density at radius 1 is 1.21 bits per heavy atom. The standard InChI is InChI=1S/C23H23F3N6O2/c1-14(30-33-13-15-2-8-19(9-3-15)23(24,25)26)16-4-6-17(7-5-16)20-29-21(34-31-20)18-10-11-32(12-18)22(27)28/h2-9,18H,10-13H2,1H3,(H3,27,28)/b30-14+/t18-/m1/s1. The molecule has 3 N–H and O–H groups in total. The molecule has 11 heteroatoms. The molecule has 34 heavy (non-hydrogen) atoms. The maximum atomic E-state index is 12.6. The molecule has 1 saturated heterocycles. The topological polar surface area (TPSA) is 114 Å². The number of guanidine groups is 1. The van der Waals surface area contributed by atoms with Gasteiger partial charge in [0.25, 0.3) is 0 Å². The molecule has 1 aliphatic rings. The van der Waals surface area contributed by atoms with Crippen LogP contribution < -0.4 is 5.73 Å². The van der Waals surface area contributed by atoms with Crippen LogP contribution in [0.25, 0.3) is 11.4 Å². The number of benzene rings is 2. The summed E-state index contributed by atoms with van der Waals surface area (Å²) in [5, 5.41) is 15.7. The SMILES string of the molecule is C/C(=N\OCc1ccc(C(F)(F)F)cc1)c1ccc(-c2noc([C@@H]3CCN(C(=N)N)C3)n2)cc1. The van der Waals surface area contributed by atoms with Crippen LogP contribution in [0.4, 0.5) is 13.2 Å². The summed E-state index contributed by atoms with van der Waals surface area (Å²) >= 11 is 0. The van der Waals surface area contributed by atoms with Gasteiger partial charge in [0.2, 0.25) is 11.7 Å². The number of likely N-dealkylation sites (tertiary alicyclic amines) is 1. The highest BCUT2D eigenvalue weighted by atomic mass is 19.4. The van der Waals surface area contributed by atoms with E-state index in [1.165, 1.54) is 12.1 Å². The predicted octanol–water partition coefficient (Wildman–Crippen LogP) is 4.38. The largest absolute Gasteiger partial charge is 0.416 e. The van der Waals surface area contributed by atoms with Crippen LogP contribution in [0.15, 0.2) is 58.2 Å². The highest BCUT2D eigenvalue weighted by molar-refractivity contribution is 5.98. The van der Waals surface area contributed by atoms with Crippen molar-refractivity contribution >= 4 is 11.7 Å². The van der Waals surface area contributed by atoms with Gasteiger partial charge >= 0.3 is 6.18 Å². The average Bonchev–Trinajstić information content (AvgIpc) is 3.49. The number of aromatic nitrogens is 2. The quantitative estimate of drug-likeness (QED) is 0.313. The average molecular weight is 472 g/mol. The van der Waals surface area contributed by atoms with E-state index in [4.69, 9.17) is 20.5 Å². The van der Waals surface area contributed by atoms with Gasteiger partial charge in [0.15, 0.2) is 5.96 Å². The van der Waals surface area contributed by atoms with Crippen LogP contribution in [-0.4, -0.2) is 39.8 Å². The normalized spacial score (nSPS) is 16.6. The highest BCUT2D eigenvalue weighted by Gasteiger charge is 2.30. The third-order valence-corrected chi connectivity index (χ3v) is 5.59. The zero-order valence-corrected chi connectivity index (χ0v) is 18.3. The summed E-state index contributed by atoms with van der Waals surface area (Å²) in [6, 6.07) is 12.1. The number of oxime groups is 1. The number of nitrogens with one attached hydrogen (secondary N) is 1. The van der Waals surface area contributed by atoms with Gasteiger partial charge in [-0.25, -0.2) is 0 Å². The molecule has 0 unspecified atom stereocenters. The van der Waals surface area contributed by atoms with E-state index in [2.05, 4.69) is 15.3 Å². The highest BCUT2D eigenvalue weighted by Crippen LogP contribution is 2.29. The number of hydrogen-bond acceptors (Lipinski definition) is 6. The van der Waals surface area contributed by atoms with Crippen molar-refractivity contribution in [3.8, 4) is 11.4 Å². The Bertz CT molecular complexity index is 1170. The van der Waals surface area contributed by atoms with Gasteiger partial charge in [-0.15, -0.1) is 0 Å². The third kappa shape index (κ3) is 5.36. The fourth-order valence-corrected chi connectivity index (χ4v) is 3.61. The Balaban J connectivity index is 1.34. The van der Waals surface area contributed by atoms with Crippen LogP contribution in [-0.2, 0) is 17.6 Å². The van der Waals surface area contributed by atoms with Crippen molar-refractivity contribution in [3.05, 3.63) is 71.1 Å². The third-order valence-electron chi connectivity index (χ3n) is 5.59. The molecule has 1 atom stereocenters. The summed E-state index contributed by atoms with van der Waals surface area (Å²) in [5.41, 5.74) is 7.62. The summed E-state index contributed by atoms with van der Waals surface area (Å²) in [6.07, 6.45) is -3.57. The van der Waals surface area contributed by atoms with Gasteiger partial charge in [-0.1, -0.05) is 46.7 Å². The smallest absolute Gasteiger partial charge is 0.391 e. The molecule has 178 valence electrons. The van der Waals surface area contributed by atoms with Gasteiger partial charge in [-0.2, -0.15) is 18.2 Å². The Morgan fingerprint density at radius 2 is 1.91 bits per heavy atom. The molecule has 0 radical (unpaired) electrons. The summed E-state index contributed by atoms with van der Waals surface area (Å²) < 4.78 is 43.3. The summed E-state index contributed by atoms with van der Waals surface area (Å²) in [5.74, 6) is 1.08. The van der Waals surface area contributed by atoms with Crippen LogP contribution in [0.5, 0.6) is 0 Å². The van der Waals surface area contributed by atoms with E-state index in [0.717, 1.165) is 29.7 Å². The van der Waals surface area contributed by atoms with Crippen LogP contribution in [0.1, 0.15) is 41.8 Å². The Labute approximate surface area is 193 Å². The zero-order chi connectivity index (χ0) is 24.3. The lowest BCUT2D eigenvalue weighted by Gasteiger charge is -2.14. The van der Waals surface area contributed by atoms with Gasteiger partial charge in [0.1, 0.15) is 6.61 Å². The lowest BCUT2D eigenvalue weighted by molar-refractivity contribution is -0.137. The van der Waals surface area contributed by atoms with E-state index in [-0.39, 0.29) is 18.5 Å². The first kappa shape index (κ1) is 23.3. The molecule has 0 aliphatic carbocycles. The Morgan fingerprint density at radius 3 is 2.53 bits per heavy atom. The molecule has 0 spiro atoms. The van der Waals surface area contributed by atoms with Gasteiger partial charge in [0, 0.05) is 18.7 Å². The van der Waals surface area contributed by atoms with Gasteiger partial charge in [-0.05, 0) is 36.6 Å². The molecule has 2 heterocycles. The molecule has 1 fully saturated rings. The zero-order valence-electron chi connectivity index (χ0n) is 18.3. The van der Waals surface area contributed by atoms with Crippen molar-refractivity contribution < 1.29 is 22.5 Å². The lowest BCUT2D eigenvalue weighted by atomic mass is 10.1. The number of nitrogens with two attached hydrogens (primary N) is 1. The second kappa shape index (κ2) is 9.54. The lowest BCUT2D eigenvalue weighted by Crippen LogP contribution is -2.34. The molecule has 1 aliphatic heterocycles. The summed E-state index contributed by atoms with van der Waals surface area (Å²) in [6.45, 7) is 3.10. The maximum absolute atomic E-state index is 12.6. The van der Waals surface area contributed by atoms with E-state index in [9.17, 15) is 13.2 Å². The molecule has 3 aromatic rings. The summed E-state index contributed by atoms with van der Waals surface area (Å²) in [4.78, 5) is 11.6. The van der Waals surface area contributed by atoms with E-state index in [1.807, 2.05) is 24.3 Å². The molecular formula is C23H23F3N6O2. The Kier molecular flexibility index (Phi) is 6.53. The Hall–Kier alpha value is -3.89. The fourth-order valence-electron chi connectivity index (χ4n) is 3.61. The minimum Gasteiger partial charge on any atom is -0.391 e. The number of rotatable bonds is 6. The van der Waals surface area contributed by atoms with Crippen molar-refractivity contribution in [1.29, 1.82) is 5.41 Å². The molecule has 8 nitrogen and oxygen atoms in total. The molecule has 0 amide bonds. The van der Waals surface area contributed by atoms with E-state index < -0.39 is 11.7 Å². The van der Waals surface area contributed by atoms with E-state index in [1.54, 1.807) is 11.8 Å². The first-order valence-electron chi connectivity index (χ1n) is 10.6. The first-order valence-corrected chi connectivity index (χ1v) is 10.6. The van der Waals surface area contributed by atoms with Crippen molar-refractivity contribution in [2.24, 2.45) is 10.9 Å². The monoisotopic (exact) mass is 472 g/mol. The van der Waals surface area contributed by atoms with Crippen LogP contribution in [0, 0.1) is 5.41 Å². The first-order chi connectivity index (χ1) is 16.2. The van der Waals surface area contributed by atoms with Crippen molar-refractivity contribution in [2.75, 3.05) is 13.1 Å². The van der Waals surface area contributed by atoms with Crippen LogP contribution in [0.2, 0.25) is 0 Å². The van der Waals surface area contributed by atoms with E-state index >= 15 is 0 Å². The fraction of sp³-hybridized carbons (Fsp3) is 0.304. The van der Waals surface area contributed by atoms with Crippen molar-refractivity contribution in [1.82, 2.24) is 15.0 Å². The van der Waals surface area contributed by atoms with Crippen molar-refractivity contribution in [2.45, 2.75) is 32.0 Å². The van der Waals surface area contributed by atoms with Gasteiger partial charge in [0.05, 0.1) is 17.2 Å². The molecule has 1 aromatic heterocycles. The van der Waals surface area contributed by atoms with Crippen molar-refractivity contribution in [3.63, 3.8) is 0 Å². The van der Waals surface area contributed by atoms with E-state index in [0.29, 0.717) is 36.1 Å². The number of hydrogen-bond donors (Lipinski definition) is 2. The second-order valence-corrected chi connectivity index (χ2v) is 8.00. The number of halogens is 3. The number of alkyl halides is 3.